The normalized spacial score (nSPS) is 15.9. The number of aromatic nitrogens is 1. The smallest absolute Gasteiger partial charge is 0.293 e. The fourth-order valence-electron chi connectivity index (χ4n) is 2.14. The van der Waals surface area contributed by atoms with E-state index in [1.807, 2.05) is 11.6 Å². The lowest BCUT2D eigenvalue weighted by Gasteiger charge is -2.25. The Kier molecular flexibility index (Phi) is 5.14. The van der Waals surface area contributed by atoms with Gasteiger partial charge in [-0.2, -0.15) is 0 Å². The third-order valence-corrected chi connectivity index (χ3v) is 4.70. The molecule has 2 aromatic heterocycles. The Hall–Kier alpha value is -1.35. The molecule has 1 aliphatic heterocycles. The molecule has 1 aliphatic rings. The van der Waals surface area contributed by atoms with Crippen LogP contribution in [-0.4, -0.2) is 48.4 Å². The molecule has 0 unspecified atom stereocenters. The maximum absolute atomic E-state index is 12.1. The van der Waals surface area contributed by atoms with Gasteiger partial charge >= 0.3 is 0 Å². The molecular formula is C14H17N3O3S2. The van der Waals surface area contributed by atoms with Gasteiger partial charge in [0.05, 0.1) is 18.9 Å². The number of carbonyl (C=O) groups is 1. The molecule has 0 spiro atoms. The summed E-state index contributed by atoms with van der Waals surface area (Å²) in [5, 5.41) is 6.06. The fourth-order valence-corrected chi connectivity index (χ4v) is 3.21. The van der Waals surface area contributed by atoms with Gasteiger partial charge in [0.2, 0.25) is 0 Å². The lowest BCUT2D eigenvalue weighted by Crippen LogP contribution is -2.35. The maximum atomic E-state index is 12.1. The Morgan fingerprint density at radius 2 is 2.27 bits per heavy atom. The molecule has 3 heterocycles. The first kappa shape index (κ1) is 15.5. The second-order valence-electron chi connectivity index (χ2n) is 4.81. The summed E-state index contributed by atoms with van der Waals surface area (Å²) in [7, 11) is 0. The number of amides is 1. The lowest BCUT2D eigenvalue weighted by atomic mass is 10.4. The van der Waals surface area contributed by atoms with Gasteiger partial charge in [0.1, 0.15) is 0 Å². The van der Waals surface area contributed by atoms with Crippen molar-refractivity contribution >= 4 is 34.1 Å². The minimum atomic E-state index is -0.271. The molecule has 0 saturated carbocycles. The van der Waals surface area contributed by atoms with Crippen molar-refractivity contribution < 1.29 is 13.9 Å². The van der Waals surface area contributed by atoms with Crippen molar-refractivity contribution in [2.75, 3.05) is 37.9 Å². The second kappa shape index (κ2) is 7.28. The Bertz CT molecular complexity index is 635. The number of carbonyl (C=O) groups excluding carboxylic acids is 1. The van der Waals surface area contributed by atoms with Crippen LogP contribution >= 0.6 is 23.1 Å². The average molecular weight is 339 g/mol. The molecule has 0 bridgehead atoms. The summed E-state index contributed by atoms with van der Waals surface area (Å²) < 4.78 is 10.7. The van der Waals surface area contributed by atoms with E-state index in [-0.39, 0.29) is 5.91 Å². The van der Waals surface area contributed by atoms with Gasteiger partial charge in [-0.15, -0.1) is 11.3 Å². The van der Waals surface area contributed by atoms with Crippen LogP contribution in [0.3, 0.4) is 0 Å². The standard InChI is InChI=1S/C14H17N3O3S2/c1-21-12-3-2-11(20-12)13(18)16-14-15-10(9-22-14)8-17-4-6-19-7-5-17/h2-3,9H,4-8H2,1H3,(H,15,16,18). The molecule has 22 heavy (non-hydrogen) atoms. The van der Waals surface area contributed by atoms with Crippen LogP contribution in [0.15, 0.2) is 27.0 Å². The molecule has 1 N–H and O–H groups in total. The highest BCUT2D eigenvalue weighted by atomic mass is 32.2. The van der Waals surface area contributed by atoms with E-state index in [0.29, 0.717) is 10.9 Å². The quantitative estimate of drug-likeness (QED) is 0.845. The molecule has 0 aromatic carbocycles. The van der Waals surface area contributed by atoms with Crippen LogP contribution in [0.4, 0.5) is 5.13 Å². The molecule has 8 heteroatoms. The summed E-state index contributed by atoms with van der Waals surface area (Å²) in [6, 6.07) is 3.45. The summed E-state index contributed by atoms with van der Waals surface area (Å²) in [4.78, 5) is 18.8. The van der Waals surface area contributed by atoms with E-state index in [1.54, 1.807) is 12.1 Å². The number of nitrogens with one attached hydrogen (secondary N) is 1. The minimum absolute atomic E-state index is 0.271. The molecular weight excluding hydrogens is 322 g/mol. The number of hydrogen-bond donors (Lipinski definition) is 1. The summed E-state index contributed by atoms with van der Waals surface area (Å²) in [6.45, 7) is 4.16. The number of furan rings is 1. The Morgan fingerprint density at radius 3 is 3.00 bits per heavy atom. The van der Waals surface area contributed by atoms with E-state index < -0.39 is 0 Å². The first-order chi connectivity index (χ1) is 10.7. The fraction of sp³-hybridized carbons (Fsp3) is 0.429. The summed E-state index contributed by atoms with van der Waals surface area (Å²) in [6.07, 6.45) is 1.90. The van der Waals surface area contributed by atoms with E-state index in [0.717, 1.165) is 43.6 Å². The van der Waals surface area contributed by atoms with Gasteiger partial charge in [0, 0.05) is 25.0 Å². The van der Waals surface area contributed by atoms with Gasteiger partial charge in [0.25, 0.3) is 5.91 Å². The van der Waals surface area contributed by atoms with Crippen molar-refractivity contribution in [3.05, 3.63) is 29.0 Å². The van der Waals surface area contributed by atoms with Crippen LogP contribution in [0.2, 0.25) is 0 Å². The van der Waals surface area contributed by atoms with E-state index in [9.17, 15) is 4.79 Å². The average Bonchev–Trinajstić information content (AvgIpc) is 3.17. The van der Waals surface area contributed by atoms with E-state index in [2.05, 4.69) is 15.2 Å². The second-order valence-corrected chi connectivity index (χ2v) is 6.48. The number of morpholine rings is 1. The number of anilines is 1. The van der Waals surface area contributed by atoms with Gasteiger partial charge in [-0.3, -0.25) is 15.0 Å². The van der Waals surface area contributed by atoms with Crippen LogP contribution in [0, 0.1) is 0 Å². The molecule has 6 nitrogen and oxygen atoms in total. The molecule has 1 fully saturated rings. The van der Waals surface area contributed by atoms with E-state index in [1.165, 1.54) is 23.1 Å². The summed E-state index contributed by atoms with van der Waals surface area (Å²) in [5.41, 5.74) is 0.964. The Labute approximate surface area is 136 Å². The molecule has 0 radical (unpaired) electrons. The molecule has 118 valence electrons. The number of thioether (sulfide) groups is 1. The van der Waals surface area contributed by atoms with E-state index >= 15 is 0 Å². The number of rotatable bonds is 5. The zero-order valence-electron chi connectivity index (χ0n) is 12.2. The zero-order valence-corrected chi connectivity index (χ0v) is 13.8. The zero-order chi connectivity index (χ0) is 15.4. The Morgan fingerprint density at radius 1 is 1.45 bits per heavy atom. The van der Waals surface area contributed by atoms with Crippen molar-refractivity contribution in [2.24, 2.45) is 0 Å². The van der Waals surface area contributed by atoms with Crippen molar-refractivity contribution in [1.29, 1.82) is 0 Å². The molecule has 2 aromatic rings. The number of nitrogens with zero attached hydrogens (tertiary/aromatic N) is 2. The van der Waals surface area contributed by atoms with Crippen molar-refractivity contribution in [3.63, 3.8) is 0 Å². The molecule has 0 atom stereocenters. The number of thiazole rings is 1. The van der Waals surface area contributed by atoms with Crippen LogP contribution in [0.5, 0.6) is 0 Å². The summed E-state index contributed by atoms with van der Waals surface area (Å²) >= 11 is 2.89. The van der Waals surface area contributed by atoms with E-state index in [4.69, 9.17) is 9.15 Å². The number of ether oxygens (including phenoxy) is 1. The third-order valence-electron chi connectivity index (χ3n) is 3.27. The first-order valence-corrected chi connectivity index (χ1v) is 9.05. The summed E-state index contributed by atoms with van der Waals surface area (Å²) in [5.74, 6) is 0.0295. The highest BCUT2D eigenvalue weighted by Gasteiger charge is 2.15. The topological polar surface area (TPSA) is 67.6 Å². The van der Waals surface area contributed by atoms with Gasteiger partial charge in [-0.05, 0) is 18.4 Å². The van der Waals surface area contributed by atoms with Crippen molar-refractivity contribution in [1.82, 2.24) is 9.88 Å². The van der Waals surface area contributed by atoms with Crippen LogP contribution in [-0.2, 0) is 11.3 Å². The maximum Gasteiger partial charge on any atom is 0.293 e. The first-order valence-electron chi connectivity index (χ1n) is 6.94. The van der Waals surface area contributed by atoms with Gasteiger partial charge < -0.3 is 9.15 Å². The van der Waals surface area contributed by atoms with Crippen LogP contribution < -0.4 is 5.32 Å². The molecule has 1 amide bonds. The van der Waals surface area contributed by atoms with Crippen molar-refractivity contribution in [2.45, 2.75) is 11.6 Å². The molecule has 3 rings (SSSR count). The van der Waals surface area contributed by atoms with Crippen LogP contribution in [0.25, 0.3) is 0 Å². The SMILES string of the molecule is CSc1ccc(C(=O)Nc2nc(CN3CCOCC3)cs2)o1. The minimum Gasteiger partial charge on any atom is -0.445 e. The monoisotopic (exact) mass is 339 g/mol. The largest absolute Gasteiger partial charge is 0.445 e. The van der Waals surface area contributed by atoms with Crippen LogP contribution in [0.1, 0.15) is 16.2 Å². The molecule has 1 saturated heterocycles. The lowest BCUT2D eigenvalue weighted by molar-refractivity contribution is 0.0337. The predicted molar refractivity (Wildman–Crippen MR) is 86.7 cm³/mol. The Balaban J connectivity index is 1.57. The molecule has 0 aliphatic carbocycles. The van der Waals surface area contributed by atoms with Gasteiger partial charge in [0.15, 0.2) is 16.0 Å². The highest BCUT2D eigenvalue weighted by Crippen LogP contribution is 2.21. The van der Waals surface area contributed by atoms with Gasteiger partial charge in [-0.1, -0.05) is 11.8 Å². The van der Waals surface area contributed by atoms with Gasteiger partial charge in [-0.25, -0.2) is 4.98 Å². The predicted octanol–water partition coefficient (Wildman–Crippen LogP) is 2.54. The van der Waals surface area contributed by atoms with Crippen molar-refractivity contribution in [3.8, 4) is 0 Å². The third kappa shape index (κ3) is 3.89. The highest BCUT2D eigenvalue weighted by molar-refractivity contribution is 7.98. The number of hydrogen-bond acceptors (Lipinski definition) is 7.